The first-order valence-corrected chi connectivity index (χ1v) is 8.90. The number of hydrogen-bond acceptors (Lipinski definition) is 2. The maximum absolute atomic E-state index is 12.1. The molecule has 132 valence electrons. The molecule has 0 spiro atoms. The first kappa shape index (κ1) is 18.0. The normalized spacial score (nSPS) is 10.4. The lowest BCUT2D eigenvalue weighted by atomic mass is 10.1. The topological polar surface area (TPSA) is 38.3 Å². The van der Waals surface area contributed by atoms with E-state index in [1.165, 1.54) is 5.56 Å². The summed E-state index contributed by atoms with van der Waals surface area (Å²) >= 11 is 6.30. The van der Waals surface area contributed by atoms with E-state index >= 15 is 0 Å². The van der Waals surface area contributed by atoms with Crippen molar-refractivity contribution in [1.82, 2.24) is 0 Å². The minimum Gasteiger partial charge on any atom is -0.482 e. The number of hydrogen-bond donors (Lipinski definition) is 1. The number of carbonyl (C=O) groups is 1. The van der Waals surface area contributed by atoms with Gasteiger partial charge in [-0.3, -0.25) is 4.79 Å². The smallest absolute Gasteiger partial charge is 0.262 e. The number of ether oxygens (including phenoxy) is 1. The molecule has 4 heteroatoms. The van der Waals surface area contributed by atoms with Gasteiger partial charge in [-0.05, 0) is 47.4 Å². The van der Waals surface area contributed by atoms with E-state index < -0.39 is 0 Å². The third kappa shape index (κ3) is 4.64. The van der Waals surface area contributed by atoms with Crippen LogP contribution >= 0.6 is 11.6 Å². The van der Waals surface area contributed by atoms with Gasteiger partial charge >= 0.3 is 0 Å². The Hall–Kier alpha value is -2.78. The second kappa shape index (κ2) is 8.54. The van der Waals surface area contributed by atoms with Crippen molar-refractivity contribution in [2.45, 2.75) is 13.3 Å². The summed E-state index contributed by atoms with van der Waals surface area (Å²) in [7, 11) is 0. The fourth-order valence-corrected chi connectivity index (χ4v) is 2.83. The molecule has 1 N–H and O–H groups in total. The molecular weight excluding hydrogens is 346 g/mol. The Morgan fingerprint density at radius 2 is 1.69 bits per heavy atom. The zero-order chi connectivity index (χ0) is 18.4. The number of rotatable bonds is 6. The van der Waals surface area contributed by atoms with Crippen molar-refractivity contribution >= 4 is 23.2 Å². The summed E-state index contributed by atoms with van der Waals surface area (Å²) < 4.78 is 5.56. The molecule has 0 aliphatic carbocycles. The lowest BCUT2D eigenvalue weighted by molar-refractivity contribution is -0.118. The predicted molar refractivity (Wildman–Crippen MR) is 107 cm³/mol. The number of aryl methyl sites for hydroxylation is 1. The molecule has 0 radical (unpaired) electrons. The SMILES string of the molecule is CCc1ccc(NC(=O)COc2ccc(-c3ccccc3)cc2Cl)cc1. The number of carbonyl (C=O) groups excluding carboxylic acids is 1. The highest BCUT2D eigenvalue weighted by Gasteiger charge is 2.08. The molecule has 3 aromatic carbocycles. The number of benzene rings is 3. The molecule has 1 amide bonds. The van der Waals surface area contributed by atoms with Gasteiger partial charge in [-0.2, -0.15) is 0 Å². The third-order valence-electron chi connectivity index (χ3n) is 4.04. The van der Waals surface area contributed by atoms with E-state index in [0.717, 1.165) is 23.2 Å². The van der Waals surface area contributed by atoms with E-state index in [2.05, 4.69) is 12.2 Å². The van der Waals surface area contributed by atoms with Crippen LogP contribution in [0.15, 0.2) is 72.8 Å². The Balaban J connectivity index is 1.59. The van der Waals surface area contributed by atoms with Gasteiger partial charge < -0.3 is 10.1 Å². The summed E-state index contributed by atoms with van der Waals surface area (Å²) in [4.78, 5) is 12.1. The van der Waals surface area contributed by atoms with Gasteiger partial charge in [-0.15, -0.1) is 0 Å². The van der Waals surface area contributed by atoms with Crippen molar-refractivity contribution in [3.8, 4) is 16.9 Å². The zero-order valence-electron chi connectivity index (χ0n) is 14.5. The third-order valence-corrected chi connectivity index (χ3v) is 4.34. The summed E-state index contributed by atoms with van der Waals surface area (Å²) in [6.45, 7) is 1.99. The number of halogens is 1. The van der Waals surface area contributed by atoms with Crippen LogP contribution in [0.1, 0.15) is 12.5 Å². The molecule has 3 nitrogen and oxygen atoms in total. The zero-order valence-corrected chi connectivity index (χ0v) is 15.3. The highest BCUT2D eigenvalue weighted by Crippen LogP contribution is 2.30. The van der Waals surface area contributed by atoms with Crippen molar-refractivity contribution < 1.29 is 9.53 Å². The van der Waals surface area contributed by atoms with Crippen LogP contribution in [0.4, 0.5) is 5.69 Å². The summed E-state index contributed by atoms with van der Waals surface area (Å²) in [5.74, 6) is 0.264. The molecule has 0 fully saturated rings. The molecule has 0 aliphatic rings. The Kier molecular flexibility index (Phi) is 5.92. The van der Waals surface area contributed by atoms with Gasteiger partial charge in [0.15, 0.2) is 6.61 Å². The standard InChI is InChI=1S/C22H20ClNO2/c1-2-16-8-11-19(12-9-16)24-22(25)15-26-21-13-10-18(14-20(21)23)17-6-4-3-5-7-17/h3-14H,2,15H2,1H3,(H,24,25). The Morgan fingerprint density at radius 1 is 0.962 bits per heavy atom. The van der Waals surface area contributed by atoms with Crippen LogP contribution in [0.5, 0.6) is 5.75 Å². The lowest BCUT2D eigenvalue weighted by Crippen LogP contribution is -2.20. The van der Waals surface area contributed by atoms with E-state index in [1.807, 2.05) is 66.7 Å². The minimum atomic E-state index is -0.225. The van der Waals surface area contributed by atoms with E-state index in [1.54, 1.807) is 6.07 Å². The summed E-state index contributed by atoms with van der Waals surface area (Å²) in [5.41, 5.74) is 4.06. The molecule has 0 bridgehead atoms. The van der Waals surface area contributed by atoms with Crippen LogP contribution in [0, 0.1) is 0 Å². The second-order valence-electron chi connectivity index (χ2n) is 5.90. The van der Waals surface area contributed by atoms with Gasteiger partial charge in [0.05, 0.1) is 5.02 Å². The lowest BCUT2D eigenvalue weighted by Gasteiger charge is -2.10. The molecule has 0 heterocycles. The second-order valence-corrected chi connectivity index (χ2v) is 6.31. The molecule has 0 saturated carbocycles. The van der Waals surface area contributed by atoms with Crippen LogP contribution in [0.2, 0.25) is 5.02 Å². The fraction of sp³-hybridized carbons (Fsp3) is 0.136. The predicted octanol–water partition coefficient (Wildman–Crippen LogP) is 5.59. The van der Waals surface area contributed by atoms with Gasteiger partial charge in [0.2, 0.25) is 0 Å². The molecule has 3 aromatic rings. The Bertz CT molecular complexity index is 876. The quantitative estimate of drug-likeness (QED) is 0.618. The van der Waals surface area contributed by atoms with Gasteiger partial charge in [-0.1, -0.05) is 67.1 Å². The van der Waals surface area contributed by atoms with Crippen molar-refractivity contribution in [3.63, 3.8) is 0 Å². The molecule has 0 atom stereocenters. The average Bonchev–Trinajstić information content (AvgIpc) is 2.68. The van der Waals surface area contributed by atoms with Crippen LogP contribution in [0.3, 0.4) is 0 Å². The molecule has 0 saturated heterocycles. The Morgan fingerprint density at radius 3 is 2.35 bits per heavy atom. The summed E-state index contributed by atoms with van der Waals surface area (Å²) in [6.07, 6.45) is 0.967. The molecule has 0 aromatic heterocycles. The molecule has 0 aliphatic heterocycles. The van der Waals surface area contributed by atoms with Crippen LogP contribution in [0.25, 0.3) is 11.1 Å². The van der Waals surface area contributed by atoms with E-state index in [4.69, 9.17) is 16.3 Å². The first-order valence-electron chi connectivity index (χ1n) is 8.52. The largest absolute Gasteiger partial charge is 0.482 e. The number of nitrogens with one attached hydrogen (secondary N) is 1. The summed E-state index contributed by atoms with van der Waals surface area (Å²) in [5, 5.41) is 3.29. The van der Waals surface area contributed by atoms with Crippen molar-refractivity contribution in [2.75, 3.05) is 11.9 Å². The number of anilines is 1. The van der Waals surface area contributed by atoms with E-state index in [9.17, 15) is 4.79 Å². The van der Waals surface area contributed by atoms with Crippen LogP contribution in [-0.4, -0.2) is 12.5 Å². The van der Waals surface area contributed by atoms with Gasteiger partial charge in [0.25, 0.3) is 5.91 Å². The van der Waals surface area contributed by atoms with Crippen molar-refractivity contribution in [1.29, 1.82) is 0 Å². The fourth-order valence-electron chi connectivity index (χ4n) is 2.59. The maximum Gasteiger partial charge on any atom is 0.262 e. The molecule has 3 rings (SSSR count). The minimum absolute atomic E-state index is 0.0973. The molecule has 26 heavy (non-hydrogen) atoms. The Labute approximate surface area is 158 Å². The van der Waals surface area contributed by atoms with E-state index in [-0.39, 0.29) is 12.5 Å². The monoisotopic (exact) mass is 365 g/mol. The average molecular weight is 366 g/mol. The first-order chi connectivity index (χ1) is 12.7. The van der Waals surface area contributed by atoms with Gasteiger partial charge in [0, 0.05) is 5.69 Å². The highest BCUT2D eigenvalue weighted by atomic mass is 35.5. The van der Waals surface area contributed by atoms with E-state index in [0.29, 0.717) is 10.8 Å². The van der Waals surface area contributed by atoms with Crippen molar-refractivity contribution in [2.24, 2.45) is 0 Å². The van der Waals surface area contributed by atoms with Gasteiger partial charge in [0.1, 0.15) is 5.75 Å². The molecular formula is C22H20ClNO2. The molecule has 0 unspecified atom stereocenters. The van der Waals surface area contributed by atoms with Crippen LogP contribution in [-0.2, 0) is 11.2 Å². The summed E-state index contributed by atoms with van der Waals surface area (Å²) in [6, 6.07) is 23.3. The van der Waals surface area contributed by atoms with Crippen LogP contribution < -0.4 is 10.1 Å². The maximum atomic E-state index is 12.1. The van der Waals surface area contributed by atoms with Gasteiger partial charge in [-0.25, -0.2) is 0 Å². The van der Waals surface area contributed by atoms with Crippen molar-refractivity contribution in [3.05, 3.63) is 83.4 Å². The highest BCUT2D eigenvalue weighted by molar-refractivity contribution is 6.32. The number of amides is 1.